The van der Waals surface area contributed by atoms with Crippen LogP contribution in [0.1, 0.15) is 38.8 Å². The summed E-state index contributed by atoms with van der Waals surface area (Å²) in [5.74, 6) is -4.24. The number of rotatable bonds is 4. The van der Waals surface area contributed by atoms with Crippen molar-refractivity contribution in [2.45, 2.75) is 38.4 Å². The van der Waals surface area contributed by atoms with Crippen molar-refractivity contribution in [3.05, 3.63) is 35.1 Å². The molecule has 0 amide bonds. The molecule has 20 heavy (non-hydrogen) atoms. The van der Waals surface area contributed by atoms with Gasteiger partial charge < -0.3 is 5.11 Å². The number of nitrogens with zero attached hydrogens (tertiary/aromatic N) is 1. The smallest absolute Gasteiger partial charge is 0.295 e. The molecule has 0 fully saturated rings. The fraction of sp³-hybridized carbons (Fsp3) is 0.500. The Hall–Kier alpha value is -1.01. The Bertz CT molecular complexity index is 510. The fourth-order valence-corrected chi connectivity index (χ4v) is 1.88. The second kappa shape index (κ2) is 6.18. The van der Waals surface area contributed by atoms with Crippen molar-refractivity contribution in [1.82, 2.24) is 0 Å². The number of aliphatic hydroxyl groups is 1. The molecule has 1 N–H and O–H groups in total. The van der Waals surface area contributed by atoms with Gasteiger partial charge >= 0.3 is 0 Å². The predicted octanol–water partition coefficient (Wildman–Crippen LogP) is 4.17. The van der Waals surface area contributed by atoms with Crippen LogP contribution in [0.2, 0.25) is 0 Å². The molecular formula is C14H18F3NOS. The average Bonchev–Trinajstić information content (AvgIpc) is 2.34. The Morgan fingerprint density at radius 1 is 1.25 bits per heavy atom. The molecule has 1 aromatic carbocycles. The number of halogens is 3. The first kappa shape index (κ1) is 17.0. The maximum atomic E-state index is 13.5. The van der Waals surface area contributed by atoms with Gasteiger partial charge in [0.1, 0.15) is 12.4 Å². The van der Waals surface area contributed by atoms with Gasteiger partial charge in [-0.15, -0.1) is 0 Å². The SMILES string of the molecule is C/C(=N\SC(C)(C)C)c1cc(F)cc(C(F)(F)CO)c1. The molecule has 0 aliphatic rings. The summed E-state index contributed by atoms with van der Waals surface area (Å²) in [5.41, 5.74) is 0.189. The van der Waals surface area contributed by atoms with E-state index in [2.05, 4.69) is 4.40 Å². The van der Waals surface area contributed by atoms with Gasteiger partial charge in [-0.05, 0) is 63.4 Å². The lowest BCUT2D eigenvalue weighted by molar-refractivity contribution is -0.0558. The Morgan fingerprint density at radius 2 is 1.85 bits per heavy atom. The lowest BCUT2D eigenvalue weighted by Crippen LogP contribution is -2.19. The molecule has 0 unspecified atom stereocenters. The molecule has 0 heterocycles. The highest BCUT2D eigenvalue weighted by atomic mass is 32.2. The maximum absolute atomic E-state index is 13.5. The van der Waals surface area contributed by atoms with Crippen LogP contribution < -0.4 is 0 Å². The summed E-state index contributed by atoms with van der Waals surface area (Å²) in [5, 5.41) is 8.67. The number of aliphatic hydroxyl groups excluding tert-OH is 1. The molecule has 1 rings (SSSR count). The third-order valence-electron chi connectivity index (χ3n) is 2.39. The van der Waals surface area contributed by atoms with Gasteiger partial charge in [0.25, 0.3) is 5.92 Å². The zero-order valence-corrected chi connectivity index (χ0v) is 12.7. The zero-order valence-electron chi connectivity index (χ0n) is 11.9. The Kier molecular flexibility index (Phi) is 5.27. The minimum Gasteiger partial charge on any atom is -0.390 e. The van der Waals surface area contributed by atoms with Crippen LogP contribution in [0.15, 0.2) is 22.6 Å². The normalized spacial score (nSPS) is 13.7. The number of alkyl halides is 2. The van der Waals surface area contributed by atoms with Crippen LogP contribution in [-0.2, 0) is 5.92 Å². The van der Waals surface area contributed by atoms with Gasteiger partial charge in [-0.3, -0.25) is 0 Å². The summed E-state index contributed by atoms with van der Waals surface area (Å²) in [6, 6.07) is 3.03. The van der Waals surface area contributed by atoms with Crippen LogP contribution in [-0.4, -0.2) is 22.2 Å². The van der Waals surface area contributed by atoms with Crippen molar-refractivity contribution in [2.75, 3.05) is 6.61 Å². The summed E-state index contributed by atoms with van der Waals surface area (Å²) >= 11 is 1.29. The fourth-order valence-electron chi connectivity index (χ4n) is 1.36. The lowest BCUT2D eigenvalue weighted by Gasteiger charge is -2.16. The average molecular weight is 305 g/mol. The Balaban J connectivity index is 3.14. The largest absolute Gasteiger partial charge is 0.390 e. The van der Waals surface area contributed by atoms with Crippen molar-refractivity contribution < 1.29 is 18.3 Å². The Labute approximate surface area is 121 Å². The van der Waals surface area contributed by atoms with Gasteiger partial charge in [0.15, 0.2) is 0 Å². The molecule has 0 radical (unpaired) electrons. The van der Waals surface area contributed by atoms with Crippen LogP contribution in [0, 0.1) is 5.82 Å². The second-order valence-corrected chi connectivity index (χ2v) is 7.06. The van der Waals surface area contributed by atoms with Crippen LogP contribution >= 0.6 is 11.9 Å². The molecule has 0 saturated heterocycles. The second-order valence-electron chi connectivity index (χ2n) is 5.47. The molecule has 0 saturated carbocycles. The first-order valence-corrected chi connectivity index (χ1v) is 6.85. The zero-order chi connectivity index (χ0) is 15.6. The summed E-state index contributed by atoms with van der Waals surface area (Å²) in [6.07, 6.45) is 0. The maximum Gasteiger partial charge on any atom is 0.295 e. The first-order valence-electron chi connectivity index (χ1n) is 6.08. The van der Waals surface area contributed by atoms with E-state index in [0.717, 1.165) is 18.2 Å². The third-order valence-corrected chi connectivity index (χ3v) is 3.31. The summed E-state index contributed by atoms with van der Waals surface area (Å²) in [4.78, 5) is 0. The summed E-state index contributed by atoms with van der Waals surface area (Å²) < 4.78 is 44.4. The molecule has 0 aromatic heterocycles. The van der Waals surface area contributed by atoms with Gasteiger partial charge in [-0.25, -0.2) is 8.79 Å². The van der Waals surface area contributed by atoms with Crippen molar-refractivity contribution in [2.24, 2.45) is 4.40 Å². The standard InChI is InChI=1S/C14H18F3NOS/c1-9(18-20-13(2,3)4)10-5-11(7-12(15)6-10)14(16,17)8-19/h5-7,19H,8H2,1-4H3/b18-9+. The van der Waals surface area contributed by atoms with E-state index in [1.54, 1.807) is 6.92 Å². The molecule has 0 spiro atoms. The first-order chi connectivity index (χ1) is 9.05. The molecule has 0 aliphatic heterocycles. The van der Waals surface area contributed by atoms with Gasteiger partial charge in [0.05, 0.1) is 5.71 Å². The van der Waals surface area contributed by atoms with Gasteiger partial charge in [-0.2, -0.15) is 8.78 Å². The number of hydrogen-bond acceptors (Lipinski definition) is 3. The van der Waals surface area contributed by atoms with E-state index in [1.165, 1.54) is 11.9 Å². The van der Waals surface area contributed by atoms with Gasteiger partial charge in [0.2, 0.25) is 0 Å². The van der Waals surface area contributed by atoms with E-state index in [0.29, 0.717) is 5.71 Å². The minimum atomic E-state index is -3.46. The third kappa shape index (κ3) is 4.83. The van der Waals surface area contributed by atoms with Gasteiger partial charge in [-0.1, -0.05) is 0 Å². The molecule has 6 heteroatoms. The van der Waals surface area contributed by atoms with Crippen molar-refractivity contribution in [1.29, 1.82) is 0 Å². The molecular weight excluding hydrogens is 287 g/mol. The topological polar surface area (TPSA) is 32.6 Å². The molecule has 0 atom stereocenters. The van der Waals surface area contributed by atoms with Crippen LogP contribution in [0.3, 0.4) is 0 Å². The highest BCUT2D eigenvalue weighted by molar-refractivity contribution is 7.99. The predicted molar refractivity (Wildman–Crippen MR) is 76.9 cm³/mol. The van der Waals surface area contributed by atoms with E-state index in [9.17, 15) is 13.2 Å². The number of hydrogen-bond donors (Lipinski definition) is 1. The minimum absolute atomic E-state index is 0.119. The van der Waals surface area contributed by atoms with Crippen molar-refractivity contribution in [3.8, 4) is 0 Å². The summed E-state index contributed by atoms with van der Waals surface area (Å²) in [7, 11) is 0. The summed E-state index contributed by atoms with van der Waals surface area (Å²) in [6.45, 7) is 6.17. The highest BCUT2D eigenvalue weighted by Crippen LogP contribution is 2.30. The van der Waals surface area contributed by atoms with Crippen molar-refractivity contribution >= 4 is 17.7 Å². The van der Waals surface area contributed by atoms with E-state index >= 15 is 0 Å². The van der Waals surface area contributed by atoms with E-state index in [1.807, 2.05) is 20.8 Å². The lowest BCUT2D eigenvalue weighted by atomic mass is 10.0. The quantitative estimate of drug-likeness (QED) is 0.669. The van der Waals surface area contributed by atoms with Crippen LogP contribution in [0.5, 0.6) is 0 Å². The molecule has 0 bridgehead atoms. The van der Waals surface area contributed by atoms with E-state index < -0.39 is 23.9 Å². The molecule has 1 aromatic rings. The highest BCUT2D eigenvalue weighted by Gasteiger charge is 2.31. The van der Waals surface area contributed by atoms with E-state index in [4.69, 9.17) is 5.11 Å². The number of benzene rings is 1. The molecule has 2 nitrogen and oxygen atoms in total. The van der Waals surface area contributed by atoms with Crippen LogP contribution in [0.4, 0.5) is 13.2 Å². The molecule has 0 aliphatic carbocycles. The van der Waals surface area contributed by atoms with Gasteiger partial charge in [0, 0.05) is 10.3 Å². The van der Waals surface area contributed by atoms with E-state index in [-0.39, 0.29) is 10.3 Å². The Morgan fingerprint density at radius 3 is 2.35 bits per heavy atom. The van der Waals surface area contributed by atoms with Crippen molar-refractivity contribution in [3.63, 3.8) is 0 Å². The molecule has 112 valence electrons. The monoisotopic (exact) mass is 305 g/mol. The van der Waals surface area contributed by atoms with Crippen LogP contribution in [0.25, 0.3) is 0 Å².